The maximum absolute atomic E-state index is 5.72. The highest BCUT2D eigenvalue weighted by Crippen LogP contribution is 2.25. The molecule has 0 aliphatic carbocycles. The highest BCUT2D eigenvalue weighted by atomic mass is 16.5. The highest BCUT2D eigenvalue weighted by Gasteiger charge is 2.07. The SMILES string of the molecule is COCCOCCOc1ncc(CN)c2ccccc12. The Labute approximate surface area is 118 Å². The Bertz CT molecular complexity index is 546. The first-order valence-electron chi connectivity index (χ1n) is 6.63. The fourth-order valence-electron chi connectivity index (χ4n) is 1.94. The van der Waals surface area contributed by atoms with Gasteiger partial charge in [0.1, 0.15) is 6.61 Å². The molecule has 20 heavy (non-hydrogen) atoms. The van der Waals surface area contributed by atoms with Crippen molar-refractivity contribution in [1.82, 2.24) is 4.98 Å². The summed E-state index contributed by atoms with van der Waals surface area (Å²) in [5.74, 6) is 0.619. The molecule has 2 N–H and O–H groups in total. The molecule has 1 aromatic heterocycles. The predicted octanol–water partition coefficient (Wildman–Crippen LogP) is 1.74. The summed E-state index contributed by atoms with van der Waals surface area (Å²) in [6.07, 6.45) is 1.77. The van der Waals surface area contributed by atoms with Crippen LogP contribution in [0.15, 0.2) is 30.5 Å². The van der Waals surface area contributed by atoms with Gasteiger partial charge in [-0.25, -0.2) is 4.98 Å². The van der Waals surface area contributed by atoms with Crippen molar-refractivity contribution in [2.75, 3.05) is 33.5 Å². The van der Waals surface area contributed by atoms with Crippen molar-refractivity contribution >= 4 is 10.8 Å². The Hall–Kier alpha value is -1.69. The minimum Gasteiger partial charge on any atom is -0.475 e. The van der Waals surface area contributed by atoms with Gasteiger partial charge in [0, 0.05) is 25.2 Å². The standard InChI is InChI=1S/C15H20N2O3/c1-18-6-7-19-8-9-20-15-14-5-3-2-4-13(14)12(10-16)11-17-15/h2-5,11H,6-10,16H2,1H3. The topological polar surface area (TPSA) is 66.6 Å². The number of ether oxygens (including phenoxy) is 3. The Morgan fingerprint density at radius 3 is 2.55 bits per heavy atom. The molecule has 0 unspecified atom stereocenters. The molecule has 0 radical (unpaired) electrons. The number of methoxy groups -OCH3 is 1. The fraction of sp³-hybridized carbons (Fsp3) is 0.400. The zero-order valence-corrected chi connectivity index (χ0v) is 11.7. The molecule has 2 rings (SSSR count). The number of pyridine rings is 1. The van der Waals surface area contributed by atoms with Gasteiger partial charge in [-0.2, -0.15) is 0 Å². The second-order valence-electron chi connectivity index (χ2n) is 4.29. The van der Waals surface area contributed by atoms with Crippen LogP contribution in [0.4, 0.5) is 0 Å². The van der Waals surface area contributed by atoms with Crippen LogP contribution >= 0.6 is 0 Å². The maximum atomic E-state index is 5.72. The molecular weight excluding hydrogens is 256 g/mol. The highest BCUT2D eigenvalue weighted by molar-refractivity contribution is 5.89. The van der Waals surface area contributed by atoms with Gasteiger partial charge in [-0.3, -0.25) is 0 Å². The zero-order chi connectivity index (χ0) is 14.2. The van der Waals surface area contributed by atoms with Gasteiger partial charge in [0.2, 0.25) is 5.88 Å². The van der Waals surface area contributed by atoms with E-state index in [1.165, 1.54) is 0 Å². The number of hydrogen-bond donors (Lipinski definition) is 1. The van der Waals surface area contributed by atoms with E-state index in [1.54, 1.807) is 13.3 Å². The lowest BCUT2D eigenvalue weighted by molar-refractivity contribution is 0.0539. The summed E-state index contributed by atoms with van der Waals surface area (Å²) in [6.45, 7) is 2.60. The van der Waals surface area contributed by atoms with E-state index in [4.69, 9.17) is 19.9 Å². The molecule has 108 valence electrons. The predicted molar refractivity (Wildman–Crippen MR) is 77.8 cm³/mol. The summed E-state index contributed by atoms with van der Waals surface area (Å²) in [5, 5.41) is 2.06. The third kappa shape index (κ3) is 3.66. The minimum atomic E-state index is 0.461. The second kappa shape index (κ2) is 7.79. The molecule has 5 heteroatoms. The van der Waals surface area contributed by atoms with Crippen LogP contribution in [-0.2, 0) is 16.0 Å². The van der Waals surface area contributed by atoms with Gasteiger partial charge in [0.15, 0.2) is 0 Å². The van der Waals surface area contributed by atoms with E-state index in [0.717, 1.165) is 16.3 Å². The van der Waals surface area contributed by atoms with Crippen molar-refractivity contribution < 1.29 is 14.2 Å². The summed E-state index contributed by atoms with van der Waals surface area (Å²) in [6, 6.07) is 7.97. The lowest BCUT2D eigenvalue weighted by atomic mass is 10.1. The first-order chi connectivity index (χ1) is 9.86. The lowest BCUT2D eigenvalue weighted by Crippen LogP contribution is -2.11. The van der Waals surface area contributed by atoms with Crippen molar-refractivity contribution in [2.45, 2.75) is 6.54 Å². The molecule has 0 spiro atoms. The van der Waals surface area contributed by atoms with Gasteiger partial charge >= 0.3 is 0 Å². The molecular formula is C15H20N2O3. The number of nitrogens with two attached hydrogens (primary N) is 1. The first kappa shape index (κ1) is 14.7. The van der Waals surface area contributed by atoms with Crippen molar-refractivity contribution in [3.05, 3.63) is 36.0 Å². The van der Waals surface area contributed by atoms with Crippen LogP contribution in [-0.4, -0.2) is 38.5 Å². The number of aromatic nitrogens is 1. The summed E-state index contributed by atoms with van der Waals surface area (Å²) < 4.78 is 15.9. The van der Waals surface area contributed by atoms with Gasteiger partial charge in [0.05, 0.1) is 19.8 Å². The first-order valence-corrected chi connectivity index (χ1v) is 6.63. The molecule has 0 atom stereocenters. The van der Waals surface area contributed by atoms with E-state index >= 15 is 0 Å². The molecule has 1 aromatic carbocycles. The van der Waals surface area contributed by atoms with Crippen LogP contribution in [0.5, 0.6) is 5.88 Å². The normalized spacial score (nSPS) is 10.9. The van der Waals surface area contributed by atoms with Gasteiger partial charge in [-0.1, -0.05) is 18.2 Å². The summed E-state index contributed by atoms with van der Waals surface area (Å²) in [5.41, 5.74) is 6.74. The fourth-order valence-corrected chi connectivity index (χ4v) is 1.94. The van der Waals surface area contributed by atoms with Crippen LogP contribution in [0.2, 0.25) is 0 Å². The van der Waals surface area contributed by atoms with E-state index < -0.39 is 0 Å². The van der Waals surface area contributed by atoms with E-state index in [1.807, 2.05) is 24.3 Å². The molecule has 0 saturated heterocycles. The third-order valence-corrected chi connectivity index (χ3v) is 2.96. The summed E-state index contributed by atoms with van der Waals surface area (Å²) in [4.78, 5) is 4.33. The Morgan fingerprint density at radius 2 is 1.80 bits per heavy atom. The smallest absolute Gasteiger partial charge is 0.221 e. The van der Waals surface area contributed by atoms with E-state index in [9.17, 15) is 0 Å². The quantitative estimate of drug-likeness (QED) is 0.744. The van der Waals surface area contributed by atoms with Crippen LogP contribution in [0.1, 0.15) is 5.56 Å². The molecule has 5 nitrogen and oxygen atoms in total. The van der Waals surface area contributed by atoms with E-state index in [0.29, 0.717) is 38.9 Å². The maximum Gasteiger partial charge on any atom is 0.221 e. The van der Waals surface area contributed by atoms with Crippen molar-refractivity contribution in [2.24, 2.45) is 5.73 Å². The lowest BCUT2D eigenvalue weighted by Gasteiger charge is -2.10. The second-order valence-corrected chi connectivity index (χ2v) is 4.29. The van der Waals surface area contributed by atoms with E-state index in [-0.39, 0.29) is 0 Å². The van der Waals surface area contributed by atoms with Crippen LogP contribution in [0.25, 0.3) is 10.8 Å². The molecule has 0 saturated carbocycles. The zero-order valence-electron chi connectivity index (χ0n) is 11.7. The molecule has 0 amide bonds. The summed E-state index contributed by atoms with van der Waals surface area (Å²) in [7, 11) is 1.65. The van der Waals surface area contributed by atoms with Gasteiger partial charge in [0.25, 0.3) is 0 Å². The molecule has 1 heterocycles. The average molecular weight is 276 g/mol. The van der Waals surface area contributed by atoms with Gasteiger partial charge in [-0.05, 0) is 17.0 Å². The van der Waals surface area contributed by atoms with Crippen molar-refractivity contribution in [3.8, 4) is 5.88 Å². The van der Waals surface area contributed by atoms with E-state index in [2.05, 4.69) is 4.98 Å². The van der Waals surface area contributed by atoms with Gasteiger partial charge < -0.3 is 19.9 Å². The van der Waals surface area contributed by atoms with Crippen molar-refractivity contribution in [3.63, 3.8) is 0 Å². The van der Waals surface area contributed by atoms with Crippen LogP contribution in [0.3, 0.4) is 0 Å². The van der Waals surface area contributed by atoms with Crippen molar-refractivity contribution in [1.29, 1.82) is 0 Å². The Morgan fingerprint density at radius 1 is 1.05 bits per heavy atom. The number of fused-ring (bicyclic) bond motifs is 1. The minimum absolute atomic E-state index is 0.461. The Balaban J connectivity index is 2.00. The number of benzene rings is 1. The molecule has 0 fully saturated rings. The van der Waals surface area contributed by atoms with Gasteiger partial charge in [-0.15, -0.1) is 0 Å². The monoisotopic (exact) mass is 276 g/mol. The van der Waals surface area contributed by atoms with Crippen LogP contribution in [0, 0.1) is 0 Å². The molecule has 0 aliphatic rings. The molecule has 2 aromatic rings. The Kier molecular flexibility index (Phi) is 5.73. The molecule has 0 aliphatic heterocycles. The largest absolute Gasteiger partial charge is 0.475 e. The van der Waals surface area contributed by atoms with Crippen LogP contribution < -0.4 is 10.5 Å². The third-order valence-electron chi connectivity index (χ3n) is 2.96. The average Bonchev–Trinajstić information content (AvgIpc) is 2.50. The number of hydrogen-bond acceptors (Lipinski definition) is 5. The number of nitrogens with zero attached hydrogens (tertiary/aromatic N) is 1. The summed E-state index contributed by atoms with van der Waals surface area (Å²) >= 11 is 0. The molecule has 0 bridgehead atoms. The number of rotatable bonds is 8.